The zero-order valence-electron chi connectivity index (χ0n) is 17.9. The molecular weight excluding hydrogens is 424 g/mol. The molecule has 1 atom stereocenters. The maximum atomic E-state index is 12.9. The average molecular weight is 446 g/mol. The quantitative estimate of drug-likeness (QED) is 0.481. The van der Waals surface area contributed by atoms with Gasteiger partial charge in [-0.2, -0.15) is 4.98 Å². The zero-order chi connectivity index (χ0) is 22.9. The molecule has 1 aliphatic rings. The van der Waals surface area contributed by atoms with Gasteiger partial charge in [0.1, 0.15) is 11.3 Å². The number of anilines is 1. The van der Waals surface area contributed by atoms with Crippen molar-refractivity contribution < 1.29 is 19.2 Å². The molecule has 168 valence electrons. The van der Waals surface area contributed by atoms with Crippen LogP contribution in [0.5, 0.6) is 0 Å². The fraction of sp³-hybridized carbons (Fsp3) is 0.261. The van der Waals surface area contributed by atoms with Gasteiger partial charge in [0.15, 0.2) is 0 Å². The van der Waals surface area contributed by atoms with Crippen LogP contribution in [0.25, 0.3) is 17.0 Å². The lowest BCUT2D eigenvalue weighted by molar-refractivity contribution is 0.102. The Morgan fingerprint density at radius 3 is 2.97 bits per heavy atom. The summed E-state index contributed by atoms with van der Waals surface area (Å²) in [6, 6.07) is 11.1. The monoisotopic (exact) mass is 446 g/mol. The number of pyridine rings is 1. The van der Waals surface area contributed by atoms with Crippen molar-refractivity contribution in [1.29, 1.82) is 0 Å². The van der Waals surface area contributed by atoms with Crippen LogP contribution in [-0.4, -0.2) is 54.6 Å². The Bertz CT molecular complexity index is 1340. The first kappa shape index (κ1) is 20.7. The van der Waals surface area contributed by atoms with Crippen LogP contribution in [0.15, 0.2) is 53.3 Å². The second-order valence-corrected chi connectivity index (χ2v) is 8.16. The van der Waals surface area contributed by atoms with Gasteiger partial charge in [0.2, 0.25) is 11.7 Å². The van der Waals surface area contributed by atoms with Crippen LogP contribution in [0, 0.1) is 12.8 Å². The topological polar surface area (TPSA) is 126 Å². The maximum absolute atomic E-state index is 12.9. The Kier molecular flexibility index (Phi) is 5.25. The number of amides is 2. The summed E-state index contributed by atoms with van der Waals surface area (Å²) in [7, 11) is 0. The molecule has 4 aromatic rings. The minimum atomic E-state index is -0.901. The van der Waals surface area contributed by atoms with Crippen LogP contribution in [-0.2, 0) is 6.42 Å². The van der Waals surface area contributed by atoms with E-state index in [0.717, 1.165) is 12.0 Å². The van der Waals surface area contributed by atoms with E-state index in [1.807, 2.05) is 43.3 Å². The summed E-state index contributed by atoms with van der Waals surface area (Å²) in [6.45, 7) is 2.90. The van der Waals surface area contributed by atoms with Crippen molar-refractivity contribution >= 4 is 23.3 Å². The number of nitrogens with one attached hydrogen (secondary N) is 1. The third kappa shape index (κ3) is 4.14. The first-order chi connectivity index (χ1) is 16.0. The Morgan fingerprint density at radius 2 is 2.15 bits per heavy atom. The lowest BCUT2D eigenvalue weighted by Crippen LogP contribution is -2.26. The Morgan fingerprint density at radius 1 is 1.27 bits per heavy atom. The average Bonchev–Trinajstić information content (AvgIpc) is 3.55. The van der Waals surface area contributed by atoms with Gasteiger partial charge in [-0.25, -0.2) is 9.78 Å². The van der Waals surface area contributed by atoms with Gasteiger partial charge in [0, 0.05) is 37.0 Å². The van der Waals surface area contributed by atoms with E-state index < -0.39 is 6.09 Å². The van der Waals surface area contributed by atoms with Gasteiger partial charge in [0.05, 0.1) is 6.20 Å². The highest BCUT2D eigenvalue weighted by Gasteiger charge is 2.27. The van der Waals surface area contributed by atoms with Crippen LogP contribution < -0.4 is 5.32 Å². The summed E-state index contributed by atoms with van der Waals surface area (Å²) >= 11 is 0. The molecule has 0 unspecified atom stereocenters. The summed E-state index contributed by atoms with van der Waals surface area (Å²) < 4.78 is 7.14. The van der Waals surface area contributed by atoms with E-state index in [9.17, 15) is 9.59 Å². The molecule has 1 aromatic carbocycles. The predicted octanol–water partition coefficient (Wildman–Crippen LogP) is 3.49. The third-order valence-corrected chi connectivity index (χ3v) is 5.88. The van der Waals surface area contributed by atoms with Gasteiger partial charge in [-0.3, -0.25) is 9.20 Å². The van der Waals surface area contributed by atoms with Crippen molar-refractivity contribution in [3.8, 4) is 11.4 Å². The molecule has 0 saturated carbocycles. The van der Waals surface area contributed by atoms with Crippen LogP contribution in [0.3, 0.4) is 0 Å². The molecular formula is C23H22N6O4. The SMILES string of the molecule is Cc1ccc(-c2noc(C[C@H]3CCN(C(=O)O)C3)n2)cc1NC(=O)c1cnc2ccccn12. The number of aryl methyl sites for hydroxylation is 1. The normalized spacial score (nSPS) is 15.8. The lowest BCUT2D eigenvalue weighted by atomic mass is 10.1. The third-order valence-electron chi connectivity index (χ3n) is 5.88. The van der Waals surface area contributed by atoms with Crippen LogP contribution >= 0.6 is 0 Å². The molecule has 4 heterocycles. The number of hydrogen-bond donors (Lipinski definition) is 2. The van der Waals surface area contributed by atoms with Crippen LogP contribution in [0.1, 0.15) is 28.4 Å². The maximum Gasteiger partial charge on any atom is 0.407 e. The van der Waals surface area contributed by atoms with Crippen molar-refractivity contribution in [2.45, 2.75) is 19.8 Å². The van der Waals surface area contributed by atoms with Gasteiger partial charge in [-0.05, 0) is 43.0 Å². The largest absolute Gasteiger partial charge is 0.465 e. The van der Waals surface area contributed by atoms with E-state index >= 15 is 0 Å². The Hall–Kier alpha value is -4.21. The molecule has 1 saturated heterocycles. The molecule has 3 aromatic heterocycles. The van der Waals surface area contributed by atoms with Crippen LogP contribution in [0.4, 0.5) is 10.5 Å². The predicted molar refractivity (Wildman–Crippen MR) is 119 cm³/mol. The highest BCUT2D eigenvalue weighted by Crippen LogP contribution is 2.26. The minimum Gasteiger partial charge on any atom is -0.465 e. The number of likely N-dealkylation sites (tertiary alicyclic amines) is 1. The van der Waals surface area contributed by atoms with Crippen molar-refractivity contribution in [2.75, 3.05) is 18.4 Å². The molecule has 10 heteroatoms. The van der Waals surface area contributed by atoms with E-state index in [1.165, 1.54) is 4.90 Å². The van der Waals surface area contributed by atoms with Gasteiger partial charge < -0.3 is 19.8 Å². The number of imidazole rings is 1. The van der Waals surface area contributed by atoms with Crippen molar-refractivity contribution in [3.63, 3.8) is 0 Å². The van der Waals surface area contributed by atoms with E-state index in [2.05, 4.69) is 20.4 Å². The second kappa shape index (κ2) is 8.38. The standard InChI is InChI=1S/C23H22N6O4/c1-14-5-6-16(21-26-20(33-27-21)10-15-7-9-28(13-15)23(31)32)11-17(14)25-22(30)18-12-24-19-4-2-3-8-29(18)19/h2-6,8,11-12,15H,7,9-10,13H2,1H3,(H,25,30)(H,31,32)/t15-/m1/s1. The fourth-order valence-electron chi connectivity index (χ4n) is 4.06. The number of nitrogens with zero attached hydrogens (tertiary/aromatic N) is 5. The molecule has 33 heavy (non-hydrogen) atoms. The summed E-state index contributed by atoms with van der Waals surface area (Å²) in [5.41, 5.74) is 3.38. The van der Waals surface area contributed by atoms with Crippen molar-refractivity contribution in [2.24, 2.45) is 5.92 Å². The molecule has 2 N–H and O–H groups in total. The van der Waals surface area contributed by atoms with Crippen molar-refractivity contribution in [3.05, 3.63) is 65.9 Å². The summed E-state index contributed by atoms with van der Waals surface area (Å²) in [4.78, 5) is 34.1. The molecule has 2 amide bonds. The molecule has 0 aliphatic carbocycles. The summed E-state index contributed by atoms with van der Waals surface area (Å²) in [5.74, 6) is 0.780. The molecule has 0 radical (unpaired) electrons. The number of aromatic nitrogens is 4. The first-order valence-electron chi connectivity index (χ1n) is 10.6. The minimum absolute atomic E-state index is 0.160. The number of hydrogen-bond acceptors (Lipinski definition) is 6. The molecule has 10 nitrogen and oxygen atoms in total. The van der Waals surface area contributed by atoms with E-state index in [1.54, 1.807) is 16.8 Å². The van der Waals surface area contributed by atoms with Crippen molar-refractivity contribution in [1.82, 2.24) is 24.4 Å². The van der Waals surface area contributed by atoms with Gasteiger partial charge in [-0.1, -0.05) is 23.4 Å². The highest BCUT2D eigenvalue weighted by molar-refractivity contribution is 6.04. The number of rotatable bonds is 5. The number of fused-ring (bicyclic) bond motifs is 1. The zero-order valence-corrected chi connectivity index (χ0v) is 17.9. The number of benzene rings is 1. The summed E-state index contributed by atoms with van der Waals surface area (Å²) in [5, 5.41) is 16.1. The van der Waals surface area contributed by atoms with Gasteiger partial charge >= 0.3 is 6.09 Å². The highest BCUT2D eigenvalue weighted by atomic mass is 16.5. The first-order valence-corrected chi connectivity index (χ1v) is 10.6. The Balaban J connectivity index is 1.32. The van der Waals surface area contributed by atoms with E-state index in [-0.39, 0.29) is 11.8 Å². The molecule has 5 rings (SSSR count). The fourth-order valence-corrected chi connectivity index (χ4v) is 4.06. The van der Waals surface area contributed by atoms with E-state index in [0.29, 0.717) is 53.8 Å². The summed E-state index contributed by atoms with van der Waals surface area (Å²) in [6.07, 6.45) is 3.74. The van der Waals surface area contributed by atoms with E-state index in [4.69, 9.17) is 9.63 Å². The lowest BCUT2D eigenvalue weighted by Gasteiger charge is -2.10. The van der Waals surface area contributed by atoms with Gasteiger partial charge in [-0.15, -0.1) is 0 Å². The molecule has 0 spiro atoms. The molecule has 1 fully saturated rings. The van der Waals surface area contributed by atoms with Crippen LogP contribution in [0.2, 0.25) is 0 Å². The second-order valence-electron chi connectivity index (χ2n) is 8.16. The smallest absolute Gasteiger partial charge is 0.407 e. The molecule has 0 bridgehead atoms. The Labute approximate surface area is 188 Å². The molecule has 1 aliphatic heterocycles. The number of carbonyl (C=O) groups excluding carboxylic acids is 1. The number of carboxylic acid groups (broad SMARTS) is 1. The number of carbonyl (C=O) groups is 2. The van der Waals surface area contributed by atoms with Gasteiger partial charge in [0.25, 0.3) is 5.91 Å².